The van der Waals surface area contributed by atoms with Gasteiger partial charge in [0.05, 0.1) is 6.54 Å². The zero-order valence-corrected chi connectivity index (χ0v) is 17.8. The SMILES string of the molecule is CC(C)(C)OC(=O)NCCCN(CCN=Cc1ccccc1)Cc1ccccc1. The molecule has 5 nitrogen and oxygen atoms in total. The first-order valence-corrected chi connectivity index (χ1v) is 10.2. The Morgan fingerprint density at radius 1 is 1.03 bits per heavy atom. The van der Waals surface area contributed by atoms with Gasteiger partial charge in [-0.25, -0.2) is 4.79 Å². The number of amides is 1. The molecule has 0 heterocycles. The molecule has 2 aromatic rings. The number of carbonyl (C=O) groups is 1. The Morgan fingerprint density at radius 2 is 1.69 bits per heavy atom. The van der Waals surface area contributed by atoms with Crippen LogP contribution in [0.1, 0.15) is 38.3 Å². The minimum Gasteiger partial charge on any atom is -0.444 e. The Kier molecular flexibility index (Phi) is 9.38. The highest BCUT2D eigenvalue weighted by molar-refractivity contribution is 5.79. The van der Waals surface area contributed by atoms with Crippen molar-refractivity contribution in [2.75, 3.05) is 26.2 Å². The van der Waals surface area contributed by atoms with E-state index in [2.05, 4.69) is 39.5 Å². The average molecular weight is 396 g/mol. The van der Waals surface area contributed by atoms with Gasteiger partial charge in [-0.1, -0.05) is 60.7 Å². The third-order valence-electron chi connectivity index (χ3n) is 4.15. The molecular weight excluding hydrogens is 362 g/mol. The number of nitrogens with zero attached hydrogens (tertiary/aromatic N) is 2. The summed E-state index contributed by atoms with van der Waals surface area (Å²) in [6.45, 7) is 9.54. The van der Waals surface area contributed by atoms with Gasteiger partial charge in [-0.2, -0.15) is 0 Å². The standard InChI is InChI=1S/C24H33N3O2/c1-24(2,3)29-23(28)26-15-10-17-27(20-22-13-8-5-9-14-22)18-16-25-19-21-11-6-4-7-12-21/h4-9,11-14,19H,10,15-18,20H2,1-3H3,(H,26,28). The maximum Gasteiger partial charge on any atom is 0.407 e. The maximum absolute atomic E-state index is 11.8. The lowest BCUT2D eigenvalue weighted by atomic mass is 10.2. The zero-order valence-electron chi connectivity index (χ0n) is 17.8. The van der Waals surface area contributed by atoms with Gasteiger partial charge in [-0.3, -0.25) is 9.89 Å². The summed E-state index contributed by atoms with van der Waals surface area (Å²) in [5.41, 5.74) is 1.92. The van der Waals surface area contributed by atoms with Crippen LogP contribution in [-0.4, -0.2) is 49.0 Å². The van der Waals surface area contributed by atoms with Gasteiger partial charge in [-0.05, 0) is 38.3 Å². The van der Waals surface area contributed by atoms with E-state index in [-0.39, 0.29) is 6.09 Å². The molecule has 0 fully saturated rings. The van der Waals surface area contributed by atoms with E-state index in [1.54, 1.807) is 0 Å². The Labute approximate surface area is 174 Å². The summed E-state index contributed by atoms with van der Waals surface area (Å²) in [7, 11) is 0. The first kappa shape index (κ1) is 22.6. The van der Waals surface area contributed by atoms with Crippen LogP contribution in [0.2, 0.25) is 0 Å². The number of nitrogens with one attached hydrogen (secondary N) is 1. The van der Waals surface area contributed by atoms with Gasteiger partial charge in [0.2, 0.25) is 0 Å². The predicted octanol–water partition coefficient (Wildman–Crippen LogP) is 4.52. The molecule has 0 atom stereocenters. The number of benzene rings is 2. The molecule has 5 heteroatoms. The second kappa shape index (κ2) is 12.0. The third kappa shape index (κ3) is 10.5. The predicted molar refractivity (Wildman–Crippen MR) is 119 cm³/mol. The molecule has 1 N–H and O–H groups in total. The number of carbonyl (C=O) groups excluding carboxylic acids is 1. The molecule has 0 spiro atoms. The summed E-state index contributed by atoms with van der Waals surface area (Å²) in [6, 6.07) is 20.6. The second-order valence-corrected chi connectivity index (χ2v) is 7.99. The number of ether oxygens (including phenoxy) is 1. The van der Waals surface area contributed by atoms with Crippen LogP contribution in [0.4, 0.5) is 4.79 Å². The van der Waals surface area contributed by atoms with Crippen molar-refractivity contribution < 1.29 is 9.53 Å². The van der Waals surface area contributed by atoms with Gasteiger partial charge in [0, 0.05) is 32.4 Å². The summed E-state index contributed by atoms with van der Waals surface area (Å²) in [6.07, 6.45) is 2.42. The Bertz CT molecular complexity index is 740. The van der Waals surface area contributed by atoms with Crippen LogP contribution < -0.4 is 5.32 Å². The largest absolute Gasteiger partial charge is 0.444 e. The van der Waals surface area contributed by atoms with Crippen LogP contribution >= 0.6 is 0 Å². The van der Waals surface area contributed by atoms with Crippen LogP contribution in [0, 0.1) is 0 Å². The number of aliphatic imine (C=N–C) groups is 1. The van der Waals surface area contributed by atoms with Crippen LogP contribution in [0.3, 0.4) is 0 Å². The smallest absolute Gasteiger partial charge is 0.407 e. The Hall–Kier alpha value is -2.66. The summed E-state index contributed by atoms with van der Waals surface area (Å²) in [5.74, 6) is 0. The molecule has 2 aromatic carbocycles. The van der Waals surface area contributed by atoms with Gasteiger partial charge < -0.3 is 10.1 Å². The second-order valence-electron chi connectivity index (χ2n) is 7.99. The van der Waals surface area contributed by atoms with E-state index in [9.17, 15) is 4.79 Å². The third-order valence-corrected chi connectivity index (χ3v) is 4.15. The first-order chi connectivity index (χ1) is 13.9. The van der Waals surface area contributed by atoms with Crippen LogP contribution in [-0.2, 0) is 11.3 Å². The minimum absolute atomic E-state index is 0.362. The lowest BCUT2D eigenvalue weighted by Gasteiger charge is -2.22. The number of hydrogen-bond acceptors (Lipinski definition) is 4. The molecule has 0 bridgehead atoms. The van der Waals surface area contributed by atoms with Crippen molar-refractivity contribution in [3.63, 3.8) is 0 Å². The van der Waals surface area contributed by atoms with Gasteiger partial charge in [0.15, 0.2) is 0 Å². The molecule has 0 saturated heterocycles. The van der Waals surface area contributed by atoms with E-state index in [0.29, 0.717) is 6.54 Å². The molecule has 0 aliphatic rings. The molecule has 0 saturated carbocycles. The molecule has 29 heavy (non-hydrogen) atoms. The highest BCUT2D eigenvalue weighted by Crippen LogP contribution is 2.07. The summed E-state index contributed by atoms with van der Waals surface area (Å²) in [5, 5.41) is 2.83. The van der Waals surface area contributed by atoms with Crippen molar-refractivity contribution in [2.45, 2.75) is 39.3 Å². The van der Waals surface area contributed by atoms with E-state index >= 15 is 0 Å². The minimum atomic E-state index is -0.472. The monoisotopic (exact) mass is 395 g/mol. The highest BCUT2D eigenvalue weighted by Gasteiger charge is 2.15. The molecule has 0 radical (unpaired) electrons. The van der Waals surface area contributed by atoms with Crippen LogP contribution in [0.25, 0.3) is 0 Å². The van der Waals surface area contributed by atoms with Crippen molar-refractivity contribution in [2.24, 2.45) is 4.99 Å². The fraction of sp³-hybridized carbons (Fsp3) is 0.417. The first-order valence-electron chi connectivity index (χ1n) is 10.2. The summed E-state index contributed by atoms with van der Waals surface area (Å²) < 4.78 is 5.28. The Morgan fingerprint density at radius 3 is 2.34 bits per heavy atom. The molecule has 156 valence electrons. The van der Waals surface area contributed by atoms with Crippen molar-refractivity contribution in [3.05, 3.63) is 71.8 Å². The van der Waals surface area contributed by atoms with Gasteiger partial charge in [-0.15, -0.1) is 0 Å². The topological polar surface area (TPSA) is 53.9 Å². The van der Waals surface area contributed by atoms with Gasteiger partial charge in [0.1, 0.15) is 5.60 Å². The van der Waals surface area contributed by atoms with E-state index in [1.807, 2.05) is 63.4 Å². The molecule has 1 amide bonds. The molecule has 2 rings (SSSR count). The fourth-order valence-corrected chi connectivity index (χ4v) is 2.83. The Balaban J connectivity index is 1.79. The van der Waals surface area contributed by atoms with Gasteiger partial charge in [0.25, 0.3) is 0 Å². The number of hydrogen-bond donors (Lipinski definition) is 1. The zero-order chi connectivity index (χ0) is 21.0. The van der Waals surface area contributed by atoms with Gasteiger partial charge >= 0.3 is 6.09 Å². The molecule has 0 unspecified atom stereocenters. The molecule has 0 aromatic heterocycles. The van der Waals surface area contributed by atoms with E-state index in [1.165, 1.54) is 5.56 Å². The molecule has 0 aliphatic carbocycles. The van der Waals surface area contributed by atoms with E-state index in [4.69, 9.17) is 4.74 Å². The van der Waals surface area contributed by atoms with Crippen molar-refractivity contribution in [1.29, 1.82) is 0 Å². The quantitative estimate of drug-likeness (QED) is 0.475. The molecular formula is C24H33N3O2. The highest BCUT2D eigenvalue weighted by atomic mass is 16.6. The average Bonchev–Trinajstić information content (AvgIpc) is 2.68. The summed E-state index contributed by atoms with van der Waals surface area (Å²) >= 11 is 0. The lowest BCUT2D eigenvalue weighted by Crippen LogP contribution is -2.35. The normalized spacial score (nSPS) is 11.7. The lowest BCUT2D eigenvalue weighted by molar-refractivity contribution is 0.0525. The van der Waals surface area contributed by atoms with Crippen molar-refractivity contribution in [3.8, 4) is 0 Å². The number of alkyl carbamates (subject to hydrolysis) is 1. The van der Waals surface area contributed by atoms with Crippen molar-refractivity contribution >= 4 is 12.3 Å². The molecule has 0 aliphatic heterocycles. The van der Waals surface area contributed by atoms with Crippen LogP contribution in [0.15, 0.2) is 65.7 Å². The fourth-order valence-electron chi connectivity index (χ4n) is 2.83. The van der Waals surface area contributed by atoms with E-state index in [0.717, 1.165) is 38.2 Å². The summed E-state index contributed by atoms with van der Waals surface area (Å²) in [4.78, 5) is 18.7. The van der Waals surface area contributed by atoms with E-state index < -0.39 is 5.60 Å². The van der Waals surface area contributed by atoms with Crippen LogP contribution in [0.5, 0.6) is 0 Å². The number of rotatable bonds is 10. The van der Waals surface area contributed by atoms with Crippen molar-refractivity contribution in [1.82, 2.24) is 10.2 Å². The maximum atomic E-state index is 11.8.